The van der Waals surface area contributed by atoms with E-state index in [-0.39, 0.29) is 0 Å². The molecule has 5 heteroatoms. The quantitative estimate of drug-likeness (QED) is 0.429. The molecule has 0 saturated carbocycles. The molecule has 0 aliphatic heterocycles. The van der Waals surface area contributed by atoms with Crippen molar-refractivity contribution in [2.75, 3.05) is 7.11 Å². The minimum absolute atomic E-state index is 0.526. The molecular weight excluding hydrogens is 176 g/mol. The van der Waals surface area contributed by atoms with Crippen LogP contribution >= 0.6 is 11.3 Å². The summed E-state index contributed by atoms with van der Waals surface area (Å²) >= 11 is 1.34. The van der Waals surface area contributed by atoms with E-state index in [1.165, 1.54) is 18.4 Å². The van der Waals surface area contributed by atoms with Crippen LogP contribution in [0.25, 0.3) is 0 Å². The van der Waals surface area contributed by atoms with Crippen molar-refractivity contribution in [2.45, 2.75) is 6.92 Å². The molecule has 0 atom stereocenters. The molecule has 0 aliphatic carbocycles. The zero-order valence-corrected chi connectivity index (χ0v) is 7.44. The van der Waals surface area contributed by atoms with Crippen molar-refractivity contribution in [3.63, 3.8) is 0 Å². The summed E-state index contributed by atoms with van der Waals surface area (Å²) in [6, 6.07) is 0. The summed E-state index contributed by atoms with van der Waals surface area (Å²) in [7, 11) is 1.28. The number of hydrogen-bond donors (Lipinski definition) is 0. The van der Waals surface area contributed by atoms with Crippen molar-refractivity contribution in [2.24, 2.45) is 0 Å². The first-order valence-corrected chi connectivity index (χ1v) is 3.94. The summed E-state index contributed by atoms with van der Waals surface area (Å²) in [5.74, 6) is 4.23. The average molecular weight is 182 g/mol. The maximum absolute atomic E-state index is 10.6. The molecule has 4 nitrogen and oxygen atoms in total. The van der Waals surface area contributed by atoms with Crippen molar-refractivity contribution in [3.05, 3.63) is 10.0 Å². The van der Waals surface area contributed by atoms with Crippen LogP contribution in [0.15, 0.2) is 0 Å². The second-order valence-corrected chi connectivity index (χ2v) is 3.05. The lowest BCUT2D eigenvalue weighted by atomic mass is 10.6. The number of nitrogens with zero attached hydrogens (tertiary/aromatic N) is 2. The van der Waals surface area contributed by atoms with Crippen molar-refractivity contribution < 1.29 is 9.53 Å². The van der Waals surface area contributed by atoms with E-state index in [9.17, 15) is 4.79 Å². The molecule has 0 spiro atoms. The van der Waals surface area contributed by atoms with Crippen LogP contribution in [0.4, 0.5) is 0 Å². The Labute approximate surface area is 73.6 Å². The molecule has 1 aromatic heterocycles. The van der Waals surface area contributed by atoms with E-state index in [2.05, 4.69) is 26.8 Å². The van der Waals surface area contributed by atoms with E-state index in [0.717, 1.165) is 5.01 Å². The highest BCUT2D eigenvalue weighted by atomic mass is 32.1. The minimum Gasteiger partial charge on any atom is -0.459 e. The summed E-state index contributed by atoms with van der Waals surface area (Å²) in [5, 5.41) is 8.79. The van der Waals surface area contributed by atoms with Gasteiger partial charge in [0, 0.05) is 5.92 Å². The van der Waals surface area contributed by atoms with Crippen molar-refractivity contribution in [1.29, 1.82) is 0 Å². The van der Waals surface area contributed by atoms with E-state index < -0.39 is 5.97 Å². The van der Waals surface area contributed by atoms with Gasteiger partial charge in [0.2, 0.25) is 0 Å². The third-order valence-corrected chi connectivity index (χ3v) is 1.74. The summed E-state index contributed by atoms with van der Waals surface area (Å²) in [6.45, 7) is 1.82. The number of carbonyl (C=O) groups is 1. The number of carbonyl (C=O) groups excluding carboxylic acids is 1. The highest BCUT2D eigenvalue weighted by Gasteiger charge is 1.95. The van der Waals surface area contributed by atoms with Crippen molar-refractivity contribution in [1.82, 2.24) is 10.2 Å². The molecule has 0 N–H and O–H groups in total. The van der Waals surface area contributed by atoms with Crippen molar-refractivity contribution >= 4 is 17.3 Å². The molecule has 12 heavy (non-hydrogen) atoms. The maximum Gasteiger partial charge on any atom is 0.384 e. The topological polar surface area (TPSA) is 52.1 Å². The normalized spacial score (nSPS) is 8.50. The van der Waals surface area contributed by atoms with Gasteiger partial charge in [0.05, 0.1) is 7.11 Å². The Hall–Kier alpha value is -1.41. The van der Waals surface area contributed by atoms with Crippen LogP contribution in [0, 0.1) is 18.8 Å². The van der Waals surface area contributed by atoms with Crippen LogP contribution in [-0.2, 0) is 9.53 Å². The predicted molar refractivity (Wildman–Crippen MR) is 43.5 cm³/mol. The first-order valence-electron chi connectivity index (χ1n) is 3.12. The number of aromatic nitrogens is 2. The number of methoxy groups -OCH3 is 1. The van der Waals surface area contributed by atoms with Gasteiger partial charge >= 0.3 is 5.97 Å². The third kappa shape index (κ3) is 2.32. The lowest BCUT2D eigenvalue weighted by molar-refractivity contribution is -0.133. The molecule has 0 unspecified atom stereocenters. The van der Waals surface area contributed by atoms with Crippen LogP contribution < -0.4 is 0 Å². The van der Waals surface area contributed by atoms with Gasteiger partial charge in [-0.25, -0.2) is 4.79 Å². The molecule has 0 saturated heterocycles. The molecular formula is C7H6N2O2S. The standard InChI is InChI=1S/C7H6N2O2S/c1-5-8-9-6(12-5)3-4-7(10)11-2/h1-2H3. The molecule has 0 fully saturated rings. The van der Waals surface area contributed by atoms with Crippen LogP contribution in [0.3, 0.4) is 0 Å². The van der Waals surface area contributed by atoms with Crippen molar-refractivity contribution in [3.8, 4) is 11.8 Å². The molecule has 1 aromatic rings. The highest BCUT2D eigenvalue weighted by Crippen LogP contribution is 2.05. The second kappa shape index (κ2) is 3.83. The predicted octanol–water partition coefficient (Wildman–Crippen LogP) is 0.371. The van der Waals surface area contributed by atoms with Gasteiger partial charge in [-0.1, -0.05) is 11.3 Å². The molecule has 0 amide bonds. The molecule has 0 radical (unpaired) electrons. The lowest BCUT2D eigenvalue weighted by Crippen LogP contribution is -1.94. The Kier molecular flexibility index (Phi) is 2.77. The van der Waals surface area contributed by atoms with E-state index in [4.69, 9.17) is 0 Å². The summed E-state index contributed by atoms with van der Waals surface area (Å²) in [4.78, 5) is 10.6. The Morgan fingerprint density at radius 3 is 2.83 bits per heavy atom. The van der Waals surface area contributed by atoms with Crippen LogP contribution in [0.5, 0.6) is 0 Å². The van der Waals surface area contributed by atoms with Gasteiger partial charge in [0.15, 0.2) is 5.01 Å². The monoisotopic (exact) mass is 182 g/mol. The maximum atomic E-state index is 10.6. The highest BCUT2D eigenvalue weighted by molar-refractivity contribution is 7.11. The number of ether oxygens (including phenoxy) is 1. The number of esters is 1. The molecule has 62 valence electrons. The third-order valence-electron chi connectivity index (χ3n) is 0.983. The minimum atomic E-state index is -0.567. The van der Waals surface area contributed by atoms with Gasteiger partial charge in [0.1, 0.15) is 5.01 Å². The fourth-order valence-electron chi connectivity index (χ4n) is 0.503. The lowest BCUT2D eigenvalue weighted by Gasteiger charge is -1.82. The zero-order valence-electron chi connectivity index (χ0n) is 6.62. The number of rotatable bonds is 0. The smallest absolute Gasteiger partial charge is 0.384 e. The SMILES string of the molecule is COC(=O)C#Cc1nnc(C)s1. The first kappa shape index (κ1) is 8.68. The number of aryl methyl sites for hydroxylation is 1. The summed E-state index contributed by atoms with van der Waals surface area (Å²) in [5.41, 5.74) is 0. The Bertz CT molecular complexity index is 348. The van der Waals surface area contributed by atoms with E-state index in [1.807, 2.05) is 6.92 Å². The van der Waals surface area contributed by atoms with Gasteiger partial charge in [-0.05, 0) is 12.8 Å². The Morgan fingerprint density at radius 1 is 1.58 bits per heavy atom. The van der Waals surface area contributed by atoms with E-state index >= 15 is 0 Å². The van der Waals surface area contributed by atoms with Gasteiger partial charge in [-0.2, -0.15) is 0 Å². The molecule has 1 rings (SSSR count). The van der Waals surface area contributed by atoms with Gasteiger partial charge in [-0.3, -0.25) is 0 Å². The summed E-state index contributed by atoms with van der Waals surface area (Å²) < 4.78 is 4.32. The average Bonchev–Trinajstić information content (AvgIpc) is 2.47. The Balaban J connectivity index is 2.73. The van der Waals surface area contributed by atoms with Gasteiger partial charge in [-0.15, -0.1) is 10.2 Å². The van der Waals surface area contributed by atoms with Gasteiger partial charge < -0.3 is 4.74 Å². The van der Waals surface area contributed by atoms with E-state index in [1.54, 1.807) is 0 Å². The second-order valence-electron chi connectivity index (χ2n) is 1.87. The molecule has 0 aliphatic rings. The number of hydrogen-bond acceptors (Lipinski definition) is 5. The molecule has 0 aromatic carbocycles. The van der Waals surface area contributed by atoms with E-state index in [0.29, 0.717) is 5.01 Å². The summed E-state index contributed by atoms with van der Waals surface area (Å²) in [6.07, 6.45) is 0. The largest absolute Gasteiger partial charge is 0.459 e. The van der Waals surface area contributed by atoms with Gasteiger partial charge in [0.25, 0.3) is 0 Å². The van der Waals surface area contributed by atoms with Crippen LogP contribution in [0.1, 0.15) is 10.0 Å². The fourth-order valence-corrected chi connectivity index (χ4v) is 1.05. The molecule has 1 heterocycles. The fraction of sp³-hybridized carbons (Fsp3) is 0.286. The Morgan fingerprint density at radius 2 is 2.33 bits per heavy atom. The zero-order chi connectivity index (χ0) is 8.97. The first-order chi connectivity index (χ1) is 5.72. The molecule has 0 bridgehead atoms. The van der Waals surface area contributed by atoms with Crippen LogP contribution in [0.2, 0.25) is 0 Å². The van der Waals surface area contributed by atoms with Crippen LogP contribution in [-0.4, -0.2) is 23.3 Å².